The molecule has 1 saturated carbocycles. The highest BCUT2D eigenvalue weighted by Crippen LogP contribution is 2.33. The van der Waals surface area contributed by atoms with Gasteiger partial charge in [-0.1, -0.05) is 40.9 Å². The second-order valence-corrected chi connectivity index (χ2v) is 5.25. The summed E-state index contributed by atoms with van der Waals surface area (Å²) in [5, 5.41) is 3.46. The Labute approximate surface area is 100 Å². The first-order valence-electron chi connectivity index (χ1n) is 5.74. The highest BCUT2D eigenvalue weighted by atomic mass is 79.9. The summed E-state index contributed by atoms with van der Waals surface area (Å²) < 4.78 is 1.17. The van der Waals surface area contributed by atoms with Crippen LogP contribution in [0, 0.1) is 0 Å². The van der Waals surface area contributed by atoms with Gasteiger partial charge in [-0.2, -0.15) is 0 Å². The number of rotatable bonds is 2. The molecule has 1 aromatic rings. The molecule has 2 rings (SSSR count). The van der Waals surface area contributed by atoms with Crippen LogP contribution >= 0.6 is 15.9 Å². The second-order valence-electron chi connectivity index (χ2n) is 4.34. The Hall–Kier alpha value is -0.340. The molecule has 0 heterocycles. The molecule has 1 fully saturated rings. The normalized spacial score (nSPS) is 26.5. The van der Waals surface area contributed by atoms with E-state index in [0.29, 0.717) is 12.0 Å². The average Bonchev–Trinajstić information content (AvgIpc) is 2.30. The number of likely N-dealkylation sites (N-methyl/N-ethyl adjacent to an activating group) is 1. The van der Waals surface area contributed by atoms with E-state index < -0.39 is 0 Å². The fraction of sp³-hybridized carbons (Fsp3) is 0.538. The monoisotopic (exact) mass is 267 g/mol. The molecule has 15 heavy (non-hydrogen) atoms. The zero-order valence-electron chi connectivity index (χ0n) is 9.17. The fourth-order valence-electron chi connectivity index (χ4n) is 2.59. The van der Waals surface area contributed by atoms with Crippen LogP contribution < -0.4 is 5.32 Å². The number of benzene rings is 1. The lowest BCUT2D eigenvalue weighted by Crippen LogP contribution is -2.34. The van der Waals surface area contributed by atoms with E-state index in [-0.39, 0.29) is 0 Å². The second kappa shape index (κ2) is 5.13. The Bertz CT molecular complexity index is 307. The molecule has 1 aromatic carbocycles. The van der Waals surface area contributed by atoms with E-state index in [1.807, 2.05) is 0 Å². The van der Waals surface area contributed by atoms with E-state index >= 15 is 0 Å². The lowest BCUT2D eigenvalue weighted by Gasteiger charge is -2.31. The van der Waals surface area contributed by atoms with Crippen molar-refractivity contribution in [1.82, 2.24) is 5.32 Å². The Morgan fingerprint density at radius 2 is 1.80 bits per heavy atom. The van der Waals surface area contributed by atoms with Crippen LogP contribution in [0.1, 0.15) is 37.2 Å². The molecule has 0 radical (unpaired) electrons. The summed E-state index contributed by atoms with van der Waals surface area (Å²) in [7, 11) is 2.09. The number of hydrogen-bond acceptors (Lipinski definition) is 1. The lowest BCUT2D eigenvalue weighted by atomic mass is 9.80. The van der Waals surface area contributed by atoms with E-state index in [0.717, 1.165) is 0 Å². The topological polar surface area (TPSA) is 12.0 Å². The molecule has 1 aliphatic carbocycles. The van der Waals surface area contributed by atoms with Gasteiger partial charge in [0.05, 0.1) is 0 Å². The maximum absolute atomic E-state index is 3.49. The summed E-state index contributed by atoms with van der Waals surface area (Å²) in [5.41, 5.74) is 1.48. The van der Waals surface area contributed by atoms with Crippen molar-refractivity contribution in [3.8, 4) is 0 Å². The van der Waals surface area contributed by atoms with Crippen molar-refractivity contribution in [2.75, 3.05) is 7.05 Å². The van der Waals surface area contributed by atoms with Gasteiger partial charge in [-0.25, -0.2) is 0 Å². The van der Waals surface area contributed by atoms with E-state index in [1.54, 1.807) is 0 Å². The Morgan fingerprint density at radius 1 is 1.13 bits per heavy atom. The summed E-state index contributed by atoms with van der Waals surface area (Å²) in [6, 6.07) is 9.47. The van der Waals surface area contributed by atoms with Crippen LogP contribution in [0.2, 0.25) is 0 Å². The first kappa shape index (κ1) is 11.2. The predicted molar refractivity (Wildman–Crippen MR) is 68.2 cm³/mol. The zero-order valence-corrected chi connectivity index (χ0v) is 10.8. The van der Waals surface area contributed by atoms with Gasteiger partial charge in [0.25, 0.3) is 0 Å². The Kier molecular flexibility index (Phi) is 3.81. The summed E-state index contributed by atoms with van der Waals surface area (Å²) in [5.74, 6) is 0.705. The molecular formula is C13H18BrN. The van der Waals surface area contributed by atoms with Gasteiger partial charge in [0.1, 0.15) is 0 Å². The molecule has 0 bridgehead atoms. The molecule has 0 aliphatic heterocycles. The molecule has 0 amide bonds. The van der Waals surface area contributed by atoms with Crippen molar-refractivity contribution in [1.29, 1.82) is 0 Å². The third-order valence-electron chi connectivity index (χ3n) is 3.43. The van der Waals surface area contributed by atoms with Crippen molar-refractivity contribution in [3.63, 3.8) is 0 Å². The molecule has 2 unspecified atom stereocenters. The molecule has 82 valence electrons. The molecule has 1 nitrogen and oxygen atoms in total. The van der Waals surface area contributed by atoms with E-state index in [4.69, 9.17) is 0 Å². The number of hydrogen-bond donors (Lipinski definition) is 1. The smallest absolute Gasteiger partial charge is 0.0175 e. The summed E-state index contributed by atoms with van der Waals surface area (Å²) in [6.07, 6.45) is 5.39. The van der Waals surface area contributed by atoms with Crippen LogP contribution in [-0.4, -0.2) is 13.1 Å². The van der Waals surface area contributed by atoms with E-state index in [9.17, 15) is 0 Å². The van der Waals surface area contributed by atoms with Gasteiger partial charge >= 0.3 is 0 Å². The van der Waals surface area contributed by atoms with Crippen molar-refractivity contribution < 1.29 is 0 Å². The third kappa shape index (κ3) is 2.61. The van der Waals surface area contributed by atoms with Crippen LogP contribution in [0.15, 0.2) is 28.7 Å². The number of nitrogens with one attached hydrogen (secondary N) is 1. The van der Waals surface area contributed by atoms with Gasteiger partial charge in [-0.15, -0.1) is 0 Å². The first-order valence-corrected chi connectivity index (χ1v) is 6.53. The van der Waals surface area contributed by atoms with E-state index in [2.05, 4.69) is 52.6 Å². The zero-order chi connectivity index (χ0) is 10.7. The fourth-order valence-corrected chi connectivity index (χ4v) is 2.85. The van der Waals surface area contributed by atoms with Crippen molar-refractivity contribution in [3.05, 3.63) is 34.3 Å². The van der Waals surface area contributed by atoms with Crippen LogP contribution in [-0.2, 0) is 0 Å². The van der Waals surface area contributed by atoms with Crippen LogP contribution in [0.4, 0.5) is 0 Å². The minimum atomic E-state index is 0.667. The minimum absolute atomic E-state index is 0.667. The van der Waals surface area contributed by atoms with Gasteiger partial charge < -0.3 is 5.32 Å². The molecule has 0 saturated heterocycles. The van der Waals surface area contributed by atoms with Gasteiger partial charge in [-0.3, -0.25) is 0 Å². The lowest BCUT2D eigenvalue weighted by molar-refractivity contribution is 0.344. The van der Waals surface area contributed by atoms with Gasteiger partial charge in [0.2, 0.25) is 0 Å². The first-order chi connectivity index (χ1) is 7.31. The predicted octanol–water partition coefficient (Wildman–Crippen LogP) is 3.69. The molecule has 0 aromatic heterocycles. The Morgan fingerprint density at radius 3 is 2.47 bits per heavy atom. The highest BCUT2D eigenvalue weighted by molar-refractivity contribution is 9.10. The third-order valence-corrected chi connectivity index (χ3v) is 3.96. The van der Waals surface area contributed by atoms with Crippen molar-refractivity contribution in [2.45, 2.75) is 37.6 Å². The summed E-state index contributed by atoms with van der Waals surface area (Å²) in [4.78, 5) is 0. The maximum atomic E-state index is 3.49. The van der Waals surface area contributed by atoms with Crippen LogP contribution in [0.3, 0.4) is 0 Å². The summed E-state index contributed by atoms with van der Waals surface area (Å²) >= 11 is 3.49. The molecular weight excluding hydrogens is 250 g/mol. The van der Waals surface area contributed by atoms with Gasteiger partial charge in [0, 0.05) is 10.5 Å². The minimum Gasteiger partial charge on any atom is -0.316 e. The van der Waals surface area contributed by atoms with E-state index in [1.165, 1.54) is 35.7 Å². The largest absolute Gasteiger partial charge is 0.316 e. The maximum Gasteiger partial charge on any atom is 0.0175 e. The molecule has 2 atom stereocenters. The highest BCUT2D eigenvalue weighted by Gasteiger charge is 2.24. The standard InChI is InChI=1S/C13H18BrN/c1-15-13-5-3-2-4-12(13)10-6-8-11(14)9-7-10/h6-9,12-13,15H,2-5H2,1H3. The van der Waals surface area contributed by atoms with Crippen molar-refractivity contribution >= 4 is 15.9 Å². The van der Waals surface area contributed by atoms with Crippen LogP contribution in [0.5, 0.6) is 0 Å². The average molecular weight is 268 g/mol. The van der Waals surface area contributed by atoms with Gasteiger partial charge in [-0.05, 0) is 43.5 Å². The molecule has 0 spiro atoms. The quantitative estimate of drug-likeness (QED) is 0.862. The SMILES string of the molecule is CNC1CCCCC1c1ccc(Br)cc1. The Balaban J connectivity index is 2.16. The molecule has 1 aliphatic rings. The summed E-state index contributed by atoms with van der Waals surface area (Å²) in [6.45, 7) is 0. The molecule has 1 N–H and O–H groups in total. The van der Waals surface area contributed by atoms with Crippen molar-refractivity contribution in [2.24, 2.45) is 0 Å². The van der Waals surface area contributed by atoms with Gasteiger partial charge in [0.15, 0.2) is 0 Å². The van der Waals surface area contributed by atoms with Crippen LogP contribution in [0.25, 0.3) is 0 Å². The number of halogens is 1. The molecule has 2 heteroatoms.